The number of aryl methyl sites for hydroxylation is 2. The Kier molecular flexibility index (Phi) is 3.38. The monoisotopic (exact) mass is 263 g/mol. The summed E-state index contributed by atoms with van der Waals surface area (Å²) < 4.78 is 6.08. The maximum absolute atomic E-state index is 6.08. The Morgan fingerprint density at radius 3 is 2.50 bits per heavy atom. The molecule has 0 radical (unpaired) electrons. The van der Waals surface area contributed by atoms with Crippen molar-refractivity contribution in [1.29, 1.82) is 0 Å². The summed E-state index contributed by atoms with van der Waals surface area (Å²) in [6.07, 6.45) is 1.88. The van der Waals surface area contributed by atoms with Gasteiger partial charge in [0, 0.05) is 17.1 Å². The molecule has 2 aromatic carbocycles. The van der Waals surface area contributed by atoms with Gasteiger partial charge in [-0.3, -0.25) is 4.98 Å². The van der Waals surface area contributed by atoms with Crippen LogP contribution in [0.25, 0.3) is 10.9 Å². The molecule has 0 bridgehead atoms. The molecule has 1 heterocycles. The fourth-order valence-corrected chi connectivity index (χ4v) is 2.39. The standard InChI is InChI=1S/C18H17NO/c1-13-7-6-10-16-17(13)18(14(2)11-19-16)20-12-15-8-4-3-5-9-15/h3-11H,12H2,1-2H3. The van der Waals surface area contributed by atoms with Gasteiger partial charge >= 0.3 is 0 Å². The first-order valence-corrected chi connectivity index (χ1v) is 6.77. The van der Waals surface area contributed by atoms with Gasteiger partial charge in [-0.1, -0.05) is 42.5 Å². The van der Waals surface area contributed by atoms with E-state index in [1.54, 1.807) is 0 Å². The lowest BCUT2D eigenvalue weighted by atomic mass is 10.1. The van der Waals surface area contributed by atoms with Crippen LogP contribution in [0.5, 0.6) is 5.75 Å². The summed E-state index contributed by atoms with van der Waals surface area (Å²) in [5, 5.41) is 1.11. The van der Waals surface area contributed by atoms with Crippen molar-refractivity contribution in [2.75, 3.05) is 0 Å². The Bertz CT molecular complexity index is 735. The van der Waals surface area contributed by atoms with Crippen molar-refractivity contribution in [2.24, 2.45) is 0 Å². The maximum Gasteiger partial charge on any atom is 0.133 e. The zero-order chi connectivity index (χ0) is 13.9. The molecular formula is C18H17NO. The summed E-state index contributed by atoms with van der Waals surface area (Å²) in [6.45, 7) is 4.72. The van der Waals surface area contributed by atoms with Gasteiger partial charge in [-0.2, -0.15) is 0 Å². The maximum atomic E-state index is 6.08. The Morgan fingerprint density at radius 1 is 0.900 bits per heavy atom. The summed E-state index contributed by atoms with van der Waals surface area (Å²) >= 11 is 0. The highest BCUT2D eigenvalue weighted by Gasteiger charge is 2.09. The van der Waals surface area contributed by atoms with Crippen molar-refractivity contribution in [1.82, 2.24) is 4.98 Å². The van der Waals surface area contributed by atoms with E-state index < -0.39 is 0 Å². The minimum atomic E-state index is 0.578. The van der Waals surface area contributed by atoms with Gasteiger partial charge in [0.05, 0.1) is 5.52 Å². The van der Waals surface area contributed by atoms with E-state index in [1.807, 2.05) is 43.5 Å². The van der Waals surface area contributed by atoms with E-state index in [1.165, 1.54) is 11.1 Å². The Morgan fingerprint density at radius 2 is 1.70 bits per heavy atom. The van der Waals surface area contributed by atoms with Gasteiger partial charge < -0.3 is 4.74 Å². The van der Waals surface area contributed by atoms with E-state index in [0.29, 0.717) is 6.61 Å². The molecule has 1 aromatic heterocycles. The third-order valence-corrected chi connectivity index (χ3v) is 3.46. The molecular weight excluding hydrogens is 246 g/mol. The zero-order valence-corrected chi connectivity index (χ0v) is 11.8. The van der Waals surface area contributed by atoms with Gasteiger partial charge in [-0.05, 0) is 31.0 Å². The molecule has 3 aromatic rings. The number of ether oxygens (including phenoxy) is 1. The second-order valence-electron chi connectivity index (χ2n) is 5.01. The van der Waals surface area contributed by atoms with Crippen LogP contribution >= 0.6 is 0 Å². The molecule has 0 fully saturated rings. The van der Waals surface area contributed by atoms with Gasteiger partial charge in [-0.25, -0.2) is 0 Å². The van der Waals surface area contributed by atoms with E-state index in [9.17, 15) is 0 Å². The van der Waals surface area contributed by atoms with Crippen LogP contribution < -0.4 is 4.74 Å². The largest absolute Gasteiger partial charge is 0.488 e. The Labute approximate surface area is 119 Å². The number of aromatic nitrogens is 1. The Hall–Kier alpha value is -2.35. The normalized spacial score (nSPS) is 10.7. The van der Waals surface area contributed by atoms with Gasteiger partial charge in [-0.15, -0.1) is 0 Å². The molecule has 0 saturated carbocycles. The van der Waals surface area contributed by atoms with Crippen molar-refractivity contribution < 1.29 is 4.74 Å². The fraction of sp³-hybridized carbons (Fsp3) is 0.167. The average molecular weight is 263 g/mol. The number of pyridine rings is 1. The van der Waals surface area contributed by atoms with Gasteiger partial charge in [0.15, 0.2) is 0 Å². The fourth-order valence-electron chi connectivity index (χ4n) is 2.39. The highest BCUT2D eigenvalue weighted by atomic mass is 16.5. The molecule has 2 nitrogen and oxygen atoms in total. The van der Waals surface area contributed by atoms with E-state index in [2.05, 4.69) is 30.1 Å². The van der Waals surface area contributed by atoms with Crippen LogP contribution in [0.3, 0.4) is 0 Å². The van der Waals surface area contributed by atoms with Crippen molar-refractivity contribution in [2.45, 2.75) is 20.5 Å². The molecule has 0 N–H and O–H groups in total. The van der Waals surface area contributed by atoms with Gasteiger partial charge in [0.1, 0.15) is 12.4 Å². The topological polar surface area (TPSA) is 22.1 Å². The lowest BCUT2D eigenvalue weighted by molar-refractivity contribution is 0.307. The molecule has 0 aliphatic rings. The lowest BCUT2D eigenvalue weighted by Crippen LogP contribution is -1.99. The first-order valence-electron chi connectivity index (χ1n) is 6.77. The van der Waals surface area contributed by atoms with Gasteiger partial charge in [0.25, 0.3) is 0 Å². The second-order valence-corrected chi connectivity index (χ2v) is 5.01. The molecule has 100 valence electrons. The summed E-state index contributed by atoms with van der Waals surface area (Å²) in [5.41, 5.74) is 4.42. The van der Waals surface area contributed by atoms with Crippen molar-refractivity contribution >= 4 is 10.9 Å². The molecule has 2 heteroatoms. The quantitative estimate of drug-likeness (QED) is 0.697. The average Bonchev–Trinajstić information content (AvgIpc) is 2.48. The van der Waals surface area contributed by atoms with Crippen LogP contribution in [-0.4, -0.2) is 4.98 Å². The first kappa shape index (κ1) is 12.7. The van der Waals surface area contributed by atoms with Crippen LogP contribution in [0.2, 0.25) is 0 Å². The molecule has 20 heavy (non-hydrogen) atoms. The number of nitrogens with zero attached hydrogens (tertiary/aromatic N) is 1. The summed E-state index contributed by atoms with van der Waals surface area (Å²) in [5.74, 6) is 0.942. The molecule has 3 rings (SSSR count). The van der Waals surface area contributed by atoms with Crippen LogP contribution in [-0.2, 0) is 6.61 Å². The Balaban J connectivity index is 2.00. The number of hydrogen-bond acceptors (Lipinski definition) is 2. The SMILES string of the molecule is Cc1cnc2cccc(C)c2c1OCc1ccccc1. The summed E-state index contributed by atoms with van der Waals surface area (Å²) in [4.78, 5) is 4.48. The van der Waals surface area contributed by atoms with Gasteiger partial charge in [0.2, 0.25) is 0 Å². The number of fused-ring (bicyclic) bond motifs is 1. The van der Waals surface area contributed by atoms with Crippen LogP contribution in [0.15, 0.2) is 54.7 Å². The lowest BCUT2D eigenvalue weighted by Gasteiger charge is -2.13. The molecule has 0 saturated heterocycles. The predicted molar refractivity (Wildman–Crippen MR) is 82.0 cm³/mol. The zero-order valence-electron chi connectivity index (χ0n) is 11.8. The third kappa shape index (κ3) is 2.37. The predicted octanol–water partition coefficient (Wildman–Crippen LogP) is 4.43. The van der Waals surface area contributed by atoms with Crippen LogP contribution in [0.1, 0.15) is 16.7 Å². The third-order valence-electron chi connectivity index (χ3n) is 3.46. The molecule has 0 aliphatic heterocycles. The van der Waals surface area contributed by atoms with Crippen molar-refractivity contribution in [3.05, 3.63) is 71.4 Å². The van der Waals surface area contributed by atoms with E-state index in [0.717, 1.165) is 22.2 Å². The first-order chi connectivity index (χ1) is 9.75. The highest BCUT2D eigenvalue weighted by Crippen LogP contribution is 2.31. The second kappa shape index (κ2) is 5.33. The molecule has 0 spiro atoms. The van der Waals surface area contributed by atoms with Crippen molar-refractivity contribution in [3.63, 3.8) is 0 Å². The number of hydrogen-bond donors (Lipinski definition) is 0. The highest BCUT2D eigenvalue weighted by molar-refractivity contribution is 5.89. The van der Waals surface area contributed by atoms with E-state index >= 15 is 0 Å². The van der Waals surface area contributed by atoms with E-state index in [-0.39, 0.29) is 0 Å². The summed E-state index contributed by atoms with van der Waals surface area (Å²) in [7, 11) is 0. The minimum Gasteiger partial charge on any atom is -0.488 e. The van der Waals surface area contributed by atoms with Crippen molar-refractivity contribution in [3.8, 4) is 5.75 Å². The van der Waals surface area contributed by atoms with Crippen LogP contribution in [0, 0.1) is 13.8 Å². The molecule has 0 amide bonds. The number of benzene rings is 2. The number of rotatable bonds is 3. The molecule has 0 unspecified atom stereocenters. The minimum absolute atomic E-state index is 0.578. The summed E-state index contributed by atoms with van der Waals surface area (Å²) in [6, 6.07) is 16.4. The smallest absolute Gasteiger partial charge is 0.133 e. The molecule has 0 atom stereocenters. The van der Waals surface area contributed by atoms with E-state index in [4.69, 9.17) is 4.74 Å². The van der Waals surface area contributed by atoms with Crippen LogP contribution in [0.4, 0.5) is 0 Å². The molecule has 0 aliphatic carbocycles.